The number of nitrogens with two attached hydrogens (primary N) is 1. The van der Waals surface area contributed by atoms with Crippen molar-refractivity contribution in [2.75, 3.05) is 19.8 Å². The second-order valence-electron chi connectivity index (χ2n) is 19.6. The van der Waals surface area contributed by atoms with E-state index in [4.69, 9.17) is 38.9 Å². The number of carbonyl (C=O) groups is 3. The number of ether oxygens (including phenoxy) is 7. The number of aliphatic hydroxyl groups excluding tert-OH is 2. The highest BCUT2D eigenvalue weighted by molar-refractivity contribution is 5.84. The summed E-state index contributed by atoms with van der Waals surface area (Å²) in [5, 5.41) is 35.0. The van der Waals surface area contributed by atoms with E-state index in [-0.39, 0.29) is 55.4 Å². The van der Waals surface area contributed by atoms with Crippen LogP contribution in [0.1, 0.15) is 133 Å². The first-order valence-corrected chi connectivity index (χ1v) is 23.9. The SMILES string of the molecule is C=CCOC(=O)[C@H](CC)[C@H]1CC[C@H](C)[C@H]([C@@H](N)[C@H](O)[C@H](C)C(=O)[C@H](CCC)[C@H]2O[C@]3(C=C[C@@H](OC(=O)NCCO)[C@]4(CC[C@@](C)([C@H]5CC[C@](O)(CC)[C@H](C)O5)O4)O3)[C@H](C)C[C@@H]2C)O1. The van der Waals surface area contributed by atoms with Crippen LogP contribution in [0.25, 0.3) is 0 Å². The first-order chi connectivity index (χ1) is 29.8. The first-order valence-electron chi connectivity index (χ1n) is 23.9. The zero-order valence-corrected chi connectivity index (χ0v) is 39.4. The number of amides is 1. The first kappa shape index (κ1) is 51.5. The van der Waals surface area contributed by atoms with Crippen LogP contribution in [0.2, 0.25) is 0 Å². The Kier molecular flexibility index (Phi) is 17.5. The van der Waals surface area contributed by atoms with Crippen molar-refractivity contribution in [3.05, 3.63) is 24.8 Å². The molecule has 18 atom stereocenters. The van der Waals surface area contributed by atoms with Gasteiger partial charge in [0.25, 0.3) is 0 Å². The monoisotopic (exact) mass is 893 g/mol. The van der Waals surface area contributed by atoms with Gasteiger partial charge >= 0.3 is 12.1 Å². The van der Waals surface area contributed by atoms with E-state index in [9.17, 15) is 29.7 Å². The van der Waals surface area contributed by atoms with E-state index in [1.165, 1.54) is 6.08 Å². The lowest BCUT2D eigenvalue weighted by molar-refractivity contribution is -0.408. The molecule has 0 aromatic heterocycles. The van der Waals surface area contributed by atoms with Gasteiger partial charge in [0.2, 0.25) is 5.79 Å². The Labute approximate surface area is 375 Å². The van der Waals surface area contributed by atoms with E-state index in [0.29, 0.717) is 64.2 Å². The summed E-state index contributed by atoms with van der Waals surface area (Å²) < 4.78 is 45.6. The van der Waals surface area contributed by atoms with Crippen LogP contribution in [-0.4, -0.2) is 124 Å². The Morgan fingerprint density at radius 2 is 1.73 bits per heavy atom. The van der Waals surface area contributed by atoms with Crippen LogP contribution in [0.5, 0.6) is 0 Å². The smallest absolute Gasteiger partial charge is 0.408 e. The number of Topliss-reactive ketones (excluding diaryl/α,β-unsaturated/α-hetero) is 1. The van der Waals surface area contributed by atoms with E-state index in [0.717, 1.165) is 6.42 Å². The van der Waals surface area contributed by atoms with Crippen molar-refractivity contribution in [3.8, 4) is 0 Å². The molecule has 0 radical (unpaired) electrons. The Bertz CT molecular complexity index is 1600. The van der Waals surface area contributed by atoms with Crippen molar-refractivity contribution < 1.29 is 62.9 Å². The van der Waals surface area contributed by atoms with Gasteiger partial charge in [0.15, 0.2) is 11.9 Å². The summed E-state index contributed by atoms with van der Waals surface area (Å²) in [6.07, 6.45) is 5.82. The maximum absolute atomic E-state index is 14.8. The molecule has 0 aromatic carbocycles. The van der Waals surface area contributed by atoms with Crippen molar-refractivity contribution in [1.29, 1.82) is 0 Å². The number of ketones is 1. The van der Waals surface area contributed by atoms with E-state index in [2.05, 4.69) is 18.8 Å². The molecule has 0 saturated carbocycles. The largest absolute Gasteiger partial charge is 0.461 e. The fourth-order valence-electron chi connectivity index (χ4n) is 11.0. The van der Waals surface area contributed by atoms with Gasteiger partial charge in [0.05, 0.1) is 66.4 Å². The molecule has 360 valence electrons. The van der Waals surface area contributed by atoms with Crippen LogP contribution in [0.15, 0.2) is 24.8 Å². The Morgan fingerprint density at radius 1 is 1.00 bits per heavy atom. The number of nitrogens with one attached hydrogen (secondary N) is 1. The Hall–Kier alpha value is -2.47. The number of aliphatic hydroxyl groups is 3. The lowest BCUT2D eigenvalue weighted by Gasteiger charge is -2.54. The maximum atomic E-state index is 14.8. The summed E-state index contributed by atoms with van der Waals surface area (Å²) in [4.78, 5) is 40.7. The van der Waals surface area contributed by atoms with Crippen molar-refractivity contribution >= 4 is 17.8 Å². The minimum atomic E-state index is -1.50. The van der Waals surface area contributed by atoms with E-state index in [1.807, 2.05) is 48.5 Å². The number of alkyl carbamates (subject to hydrolysis) is 1. The molecule has 15 nitrogen and oxygen atoms in total. The molecule has 1 amide bonds. The van der Waals surface area contributed by atoms with Gasteiger partial charge < -0.3 is 59.5 Å². The molecule has 0 aromatic rings. The standard InChI is InChI=1S/C48H80N2O13/c1-11-15-34(39(52)31(8)40(53)38(49)42-28(5)16-17-35(59-42)33(13-3)43(54)57-26-12-2)41-29(6)27-30(7)47(61-41)21-19-37(60-44(55)50-24-25-51)48(63-47)23-22-45(10,62-48)36-18-20-46(56,14-4)32(9)58-36/h12,19,21,28-38,40-42,51,53,56H,2,11,13-18,20,22-27,49H2,1,3-10H3,(H,50,55)/t28-,29-,30+,31+,32-,33+,34-,35+,36+,37+,38-,40+,41-,42+,45-,46+,47-,48-/m0/s1. The highest BCUT2D eigenvalue weighted by atomic mass is 16.8. The average Bonchev–Trinajstić information content (AvgIpc) is 3.61. The second-order valence-corrected chi connectivity index (χ2v) is 19.6. The van der Waals surface area contributed by atoms with Crippen LogP contribution < -0.4 is 11.1 Å². The molecule has 6 N–H and O–H groups in total. The zero-order chi connectivity index (χ0) is 46.5. The van der Waals surface area contributed by atoms with Gasteiger partial charge in [-0.15, -0.1) is 0 Å². The van der Waals surface area contributed by atoms with E-state index in [1.54, 1.807) is 19.1 Å². The molecule has 5 aliphatic heterocycles. The second kappa shape index (κ2) is 21.4. The average molecular weight is 893 g/mol. The lowest BCUT2D eigenvalue weighted by atomic mass is 9.73. The number of hydrogen-bond acceptors (Lipinski definition) is 14. The van der Waals surface area contributed by atoms with Crippen LogP contribution in [0.3, 0.4) is 0 Å². The van der Waals surface area contributed by atoms with Crippen molar-refractivity contribution in [1.82, 2.24) is 5.32 Å². The van der Waals surface area contributed by atoms with Crippen molar-refractivity contribution in [2.24, 2.45) is 41.2 Å². The summed E-state index contributed by atoms with van der Waals surface area (Å²) >= 11 is 0. The third kappa shape index (κ3) is 10.9. The van der Waals surface area contributed by atoms with Gasteiger partial charge in [-0.25, -0.2) is 4.79 Å². The molecule has 5 aliphatic rings. The zero-order valence-electron chi connectivity index (χ0n) is 39.4. The highest BCUT2D eigenvalue weighted by Crippen LogP contribution is 2.54. The van der Waals surface area contributed by atoms with E-state index < -0.39 is 89.3 Å². The molecule has 0 unspecified atom stereocenters. The summed E-state index contributed by atoms with van der Waals surface area (Å²) in [6, 6.07) is -0.904. The summed E-state index contributed by atoms with van der Waals surface area (Å²) in [7, 11) is 0. The topological polar surface area (TPSA) is 215 Å². The van der Waals surface area contributed by atoms with Crippen molar-refractivity contribution in [3.63, 3.8) is 0 Å². The Balaban J connectivity index is 1.38. The fourth-order valence-corrected chi connectivity index (χ4v) is 11.0. The van der Waals surface area contributed by atoms with Gasteiger partial charge in [-0.05, 0) is 95.6 Å². The molecule has 2 spiro atoms. The predicted molar refractivity (Wildman–Crippen MR) is 235 cm³/mol. The van der Waals surface area contributed by atoms with Gasteiger partial charge in [-0.3, -0.25) is 9.59 Å². The minimum absolute atomic E-state index is 0.00373. The Morgan fingerprint density at radius 3 is 2.37 bits per heavy atom. The maximum Gasteiger partial charge on any atom is 0.408 e. The fraction of sp³-hybridized carbons (Fsp3) is 0.854. The normalized spacial score (nSPS) is 40.4. The summed E-state index contributed by atoms with van der Waals surface area (Å²) in [6.45, 7) is 21.0. The molecule has 4 saturated heterocycles. The van der Waals surface area contributed by atoms with Gasteiger partial charge in [-0.1, -0.05) is 67.5 Å². The van der Waals surface area contributed by atoms with Crippen LogP contribution >= 0.6 is 0 Å². The van der Waals surface area contributed by atoms with Gasteiger partial charge in [0.1, 0.15) is 12.4 Å². The lowest BCUT2D eigenvalue weighted by Crippen LogP contribution is -2.64. The number of carbonyl (C=O) groups excluding carboxylic acids is 3. The molecule has 15 heteroatoms. The van der Waals surface area contributed by atoms with E-state index >= 15 is 0 Å². The van der Waals surface area contributed by atoms with Crippen LogP contribution in [0, 0.1) is 35.5 Å². The molecule has 4 fully saturated rings. The van der Waals surface area contributed by atoms with Gasteiger partial charge in [-0.2, -0.15) is 0 Å². The third-order valence-electron chi connectivity index (χ3n) is 15.2. The minimum Gasteiger partial charge on any atom is -0.461 e. The number of esters is 1. The quantitative estimate of drug-likeness (QED) is 0.0833. The molecular weight excluding hydrogens is 813 g/mol. The molecule has 5 rings (SSSR count). The summed E-state index contributed by atoms with van der Waals surface area (Å²) in [5.74, 6) is -5.70. The third-order valence-corrected chi connectivity index (χ3v) is 15.2. The predicted octanol–water partition coefficient (Wildman–Crippen LogP) is 5.64. The van der Waals surface area contributed by atoms with Crippen LogP contribution in [-0.2, 0) is 42.7 Å². The molecule has 0 bridgehead atoms. The van der Waals surface area contributed by atoms with Crippen LogP contribution in [0.4, 0.5) is 4.79 Å². The molecular formula is C48H80N2O13. The van der Waals surface area contributed by atoms with Gasteiger partial charge in [0, 0.05) is 30.7 Å². The highest BCUT2D eigenvalue weighted by Gasteiger charge is 2.64. The summed E-state index contributed by atoms with van der Waals surface area (Å²) in [5.41, 5.74) is 5.01. The molecule has 0 aliphatic carbocycles. The molecule has 5 heterocycles. The number of hydrogen-bond donors (Lipinski definition) is 5. The van der Waals surface area contributed by atoms with Crippen molar-refractivity contribution in [2.45, 2.75) is 204 Å². The number of rotatable bonds is 18. The molecule has 63 heavy (non-hydrogen) atoms.